The molecule has 2 atom stereocenters. The van der Waals surface area contributed by atoms with E-state index in [9.17, 15) is 15.0 Å². The second-order valence-electron chi connectivity index (χ2n) is 4.50. The Kier molecular flexibility index (Phi) is 5.79. The lowest BCUT2D eigenvalue weighted by atomic mass is 10.0. The normalized spacial score (nSPS) is 14.0. The van der Waals surface area contributed by atoms with Crippen molar-refractivity contribution in [3.63, 3.8) is 0 Å². The molecule has 0 fully saturated rings. The van der Waals surface area contributed by atoms with E-state index >= 15 is 0 Å². The third-order valence-electron chi connectivity index (χ3n) is 2.57. The Morgan fingerprint density at radius 1 is 1.26 bits per heavy atom. The molecule has 0 heterocycles. The lowest BCUT2D eigenvalue weighted by molar-refractivity contribution is -0.144. The number of methoxy groups -OCH3 is 1. The number of hydrogen-bond acceptors (Lipinski definition) is 5. The molecule has 0 amide bonds. The van der Waals surface area contributed by atoms with Crippen molar-refractivity contribution in [2.75, 3.05) is 7.11 Å². The van der Waals surface area contributed by atoms with E-state index in [1.54, 1.807) is 24.3 Å². The predicted molar refractivity (Wildman–Crippen MR) is 69.8 cm³/mol. The highest BCUT2D eigenvalue weighted by molar-refractivity contribution is 5.69. The molecule has 19 heavy (non-hydrogen) atoms. The first kappa shape index (κ1) is 15.5. The molecule has 0 aliphatic heterocycles. The summed E-state index contributed by atoms with van der Waals surface area (Å²) in [5.41, 5.74) is 0.451. The van der Waals surface area contributed by atoms with Gasteiger partial charge in [-0.25, -0.2) is 0 Å². The average Bonchev–Trinajstić information content (AvgIpc) is 2.37. The van der Waals surface area contributed by atoms with E-state index in [-0.39, 0.29) is 12.5 Å². The summed E-state index contributed by atoms with van der Waals surface area (Å²) >= 11 is 0. The molecular formula is C14H20O5. The van der Waals surface area contributed by atoms with Gasteiger partial charge in [-0.2, -0.15) is 0 Å². The van der Waals surface area contributed by atoms with E-state index in [0.29, 0.717) is 11.3 Å². The van der Waals surface area contributed by atoms with Gasteiger partial charge >= 0.3 is 5.97 Å². The first-order chi connectivity index (χ1) is 8.95. The summed E-state index contributed by atoms with van der Waals surface area (Å²) in [4.78, 5) is 11.1. The maximum atomic E-state index is 11.1. The Morgan fingerprint density at radius 2 is 1.89 bits per heavy atom. The zero-order chi connectivity index (χ0) is 14.4. The molecule has 1 aromatic carbocycles. The lowest BCUT2D eigenvalue weighted by Gasteiger charge is -2.21. The van der Waals surface area contributed by atoms with Crippen LogP contribution in [0.15, 0.2) is 24.3 Å². The lowest BCUT2D eigenvalue weighted by Crippen LogP contribution is -2.23. The highest BCUT2D eigenvalue weighted by atomic mass is 16.5. The molecule has 1 rings (SSSR count). The van der Waals surface area contributed by atoms with Crippen LogP contribution in [0.4, 0.5) is 0 Å². The Balaban J connectivity index is 2.86. The molecular weight excluding hydrogens is 248 g/mol. The van der Waals surface area contributed by atoms with Crippen LogP contribution >= 0.6 is 0 Å². The van der Waals surface area contributed by atoms with Crippen molar-refractivity contribution in [2.45, 2.75) is 38.6 Å². The first-order valence-electron chi connectivity index (χ1n) is 6.14. The highest BCUT2D eigenvalue weighted by Gasteiger charge is 2.24. The maximum absolute atomic E-state index is 11.1. The molecule has 106 valence electrons. The van der Waals surface area contributed by atoms with Crippen molar-refractivity contribution in [3.8, 4) is 5.75 Å². The van der Waals surface area contributed by atoms with Gasteiger partial charge in [0.05, 0.1) is 25.7 Å². The van der Waals surface area contributed by atoms with Crippen molar-refractivity contribution in [3.05, 3.63) is 29.8 Å². The Labute approximate surface area is 112 Å². The molecule has 5 nitrogen and oxygen atoms in total. The summed E-state index contributed by atoms with van der Waals surface area (Å²) in [7, 11) is 1.23. The van der Waals surface area contributed by atoms with E-state index in [2.05, 4.69) is 4.74 Å². The zero-order valence-corrected chi connectivity index (χ0v) is 11.4. The van der Waals surface area contributed by atoms with Crippen LogP contribution in [0.25, 0.3) is 0 Å². The Bertz CT molecular complexity index is 416. The number of aliphatic hydroxyl groups excluding tert-OH is 2. The van der Waals surface area contributed by atoms with Crippen LogP contribution in [0, 0.1) is 0 Å². The number of ether oxygens (including phenoxy) is 2. The fourth-order valence-electron chi connectivity index (χ4n) is 1.66. The van der Waals surface area contributed by atoms with E-state index in [1.807, 2.05) is 13.8 Å². The fourth-order valence-corrected chi connectivity index (χ4v) is 1.66. The highest BCUT2D eigenvalue weighted by Crippen LogP contribution is 2.29. The molecule has 0 bridgehead atoms. The molecule has 0 radical (unpaired) electrons. The van der Waals surface area contributed by atoms with Crippen LogP contribution < -0.4 is 4.74 Å². The number of hydrogen-bond donors (Lipinski definition) is 2. The van der Waals surface area contributed by atoms with Crippen LogP contribution in [-0.2, 0) is 9.53 Å². The molecule has 1 aromatic rings. The molecule has 0 saturated heterocycles. The first-order valence-corrected chi connectivity index (χ1v) is 6.14. The largest absolute Gasteiger partial charge is 0.491 e. The van der Waals surface area contributed by atoms with Gasteiger partial charge in [0.2, 0.25) is 0 Å². The number of benzene rings is 1. The second-order valence-corrected chi connectivity index (χ2v) is 4.50. The molecule has 0 saturated carbocycles. The minimum Gasteiger partial charge on any atom is -0.491 e. The van der Waals surface area contributed by atoms with Crippen molar-refractivity contribution in [1.82, 2.24) is 0 Å². The average molecular weight is 268 g/mol. The number of para-hydroxylation sites is 1. The summed E-state index contributed by atoms with van der Waals surface area (Å²) in [6.07, 6.45) is -2.75. The topological polar surface area (TPSA) is 76.0 Å². The number of aliphatic hydroxyl groups is 2. The summed E-state index contributed by atoms with van der Waals surface area (Å²) in [6, 6.07) is 6.88. The SMILES string of the molecule is COC(=O)CC(O)C(O)c1ccccc1OC(C)C. The predicted octanol–water partition coefficient (Wildman–Crippen LogP) is 1.43. The number of esters is 1. The molecule has 0 aromatic heterocycles. The molecule has 5 heteroatoms. The van der Waals surface area contributed by atoms with E-state index in [0.717, 1.165) is 0 Å². The summed E-state index contributed by atoms with van der Waals surface area (Å²) in [6.45, 7) is 3.74. The number of carbonyl (C=O) groups is 1. The van der Waals surface area contributed by atoms with Crippen molar-refractivity contribution in [2.24, 2.45) is 0 Å². The molecule has 0 aliphatic carbocycles. The van der Waals surface area contributed by atoms with Crippen molar-refractivity contribution in [1.29, 1.82) is 0 Å². The smallest absolute Gasteiger partial charge is 0.308 e. The number of carbonyl (C=O) groups excluding carboxylic acids is 1. The van der Waals surface area contributed by atoms with Gasteiger partial charge in [0, 0.05) is 5.56 Å². The van der Waals surface area contributed by atoms with Crippen molar-refractivity contribution < 1.29 is 24.5 Å². The van der Waals surface area contributed by atoms with Crippen LogP contribution in [0.1, 0.15) is 31.9 Å². The summed E-state index contributed by atoms with van der Waals surface area (Å²) in [5.74, 6) is -0.0808. The van der Waals surface area contributed by atoms with Crippen LogP contribution in [0.3, 0.4) is 0 Å². The van der Waals surface area contributed by atoms with Gasteiger partial charge in [-0.3, -0.25) is 4.79 Å². The van der Waals surface area contributed by atoms with Gasteiger partial charge < -0.3 is 19.7 Å². The minimum absolute atomic E-state index is 0.0499. The van der Waals surface area contributed by atoms with Crippen molar-refractivity contribution >= 4 is 5.97 Å². The molecule has 2 unspecified atom stereocenters. The van der Waals surface area contributed by atoms with Crippen LogP contribution in [0.5, 0.6) is 5.75 Å². The molecule has 0 spiro atoms. The van der Waals surface area contributed by atoms with Gasteiger partial charge in [-0.15, -0.1) is 0 Å². The van der Waals surface area contributed by atoms with Gasteiger partial charge in [-0.05, 0) is 19.9 Å². The second kappa shape index (κ2) is 7.11. The summed E-state index contributed by atoms with van der Waals surface area (Å²) in [5, 5.41) is 19.9. The van der Waals surface area contributed by atoms with E-state index < -0.39 is 18.2 Å². The van der Waals surface area contributed by atoms with Gasteiger partial charge in [0.1, 0.15) is 11.9 Å². The van der Waals surface area contributed by atoms with Gasteiger partial charge in [0.15, 0.2) is 0 Å². The third kappa shape index (κ3) is 4.54. The fraction of sp³-hybridized carbons (Fsp3) is 0.500. The van der Waals surface area contributed by atoms with Gasteiger partial charge in [0.25, 0.3) is 0 Å². The van der Waals surface area contributed by atoms with E-state index in [4.69, 9.17) is 4.74 Å². The van der Waals surface area contributed by atoms with Crippen LogP contribution in [0.2, 0.25) is 0 Å². The molecule has 0 aliphatic rings. The number of rotatable bonds is 6. The third-order valence-corrected chi connectivity index (χ3v) is 2.57. The maximum Gasteiger partial charge on any atom is 0.308 e. The zero-order valence-electron chi connectivity index (χ0n) is 11.4. The monoisotopic (exact) mass is 268 g/mol. The van der Waals surface area contributed by atoms with Gasteiger partial charge in [-0.1, -0.05) is 18.2 Å². The standard InChI is InChI=1S/C14H20O5/c1-9(2)19-12-7-5-4-6-10(12)14(17)11(15)8-13(16)18-3/h4-7,9,11,14-15,17H,8H2,1-3H3. The Hall–Kier alpha value is -1.59. The quantitative estimate of drug-likeness (QED) is 0.763. The minimum atomic E-state index is -1.23. The molecule has 2 N–H and O–H groups in total. The summed E-state index contributed by atoms with van der Waals surface area (Å²) < 4.78 is 10.0. The van der Waals surface area contributed by atoms with Crippen LogP contribution in [-0.4, -0.2) is 35.5 Å². The van der Waals surface area contributed by atoms with E-state index in [1.165, 1.54) is 7.11 Å². The Morgan fingerprint density at radius 3 is 2.47 bits per heavy atom.